The lowest BCUT2D eigenvalue weighted by Crippen LogP contribution is -2.19. The van der Waals surface area contributed by atoms with Gasteiger partial charge in [-0.3, -0.25) is 9.89 Å². The predicted molar refractivity (Wildman–Crippen MR) is 97.8 cm³/mol. The van der Waals surface area contributed by atoms with Gasteiger partial charge in [0.1, 0.15) is 0 Å². The third-order valence-corrected chi connectivity index (χ3v) is 4.91. The number of amides is 1. The molecule has 0 spiro atoms. The van der Waals surface area contributed by atoms with Crippen LogP contribution in [0.1, 0.15) is 48.7 Å². The van der Waals surface area contributed by atoms with E-state index in [0.29, 0.717) is 6.42 Å². The van der Waals surface area contributed by atoms with Gasteiger partial charge in [0.05, 0.1) is 5.69 Å². The number of aromatic nitrogens is 2. The molecule has 1 atom stereocenters. The SMILES string of the molecule is CCN1CCc2ccc(NC(=O)CC(C)c3c(C)n[nH]c3C)cc21. The Kier molecular flexibility index (Phi) is 4.60. The lowest BCUT2D eigenvalue weighted by molar-refractivity contribution is -0.116. The Labute approximate surface area is 143 Å². The predicted octanol–water partition coefficient (Wildman–Crippen LogP) is 3.54. The average molecular weight is 326 g/mol. The van der Waals surface area contributed by atoms with Gasteiger partial charge < -0.3 is 10.2 Å². The molecule has 0 saturated carbocycles. The molecule has 5 nitrogen and oxygen atoms in total. The second-order valence-electron chi connectivity index (χ2n) is 6.67. The molecular weight excluding hydrogens is 300 g/mol. The minimum absolute atomic E-state index is 0.0449. The first-order valence-corrected chi connectivity index (χ1v) is 8.68. The Morgan fingerprint density at radius 3 is 2.88 bits per heavy atom. The third-order valence-electron chi connectivity index (χ3n) is 4.91. The zero-order chi connectivity index (χ0) is 17.3. The number of fused-ring (bicyclic) bond motifs is 1. The molecule has 2 aromatic rings. The highest BCUT2D eigenvalue weighted by Gasteiger charge is 2.20. The van der Waals surface area contributed by atoms with Crippen LogP contribution in [-0.4, -0.2) is 29.2 Å². The maximum absolute atomic E-state index is 12.4. The Morgan fingerprint density at radius 2 is 2.21 bits per heavy atom. The van der Waals surface area contributed by atoms with E-state index in [2.05, 4.69) is 46.4 Å². The number of benzene rings is 1. The van der Waals surface area contributed by atoms with Crippen LogP contribution in [0.2, 0.25) is 0 Å². The van der Waals surface area contributed by atoms with Crippen LogP contribution in [0.3, 0.4) is 0 Å². The van der Waals surface area contributed by atoms with Gasteiger partial charge in [0, 0.05) is 36.6 Å². The van der Waals surface area contributed by atoms with Crippen molar-refractivity contribution in [3.63, 3.8) is 0 Å². The quantitative estimate of drug-likeness (QED) is 0.883. The smallest absolute Gasteiger partial charge is 0.224 e. The van der Waals surface area contributed by atoms with E-state index in [1.54, 1.807) is 0 Å². The summed E-state index contributed by atoms with van der Waals surface area (Å²) in [5.74, 6) is 0.189. The summed E-state index contributed by atoms with van der Waals surface area (Å²) in [6.07, 6.45) is 1.54. The van der Waals surface area contributed by atoms with E-state index >= 15 is 0 Å². The van der Waals surface area contributed by atoms with Crippen LogP contribution in [0.15, 0.2) is 18.2 Å². The van der Waals surface area contributed by atoms with Gasteiger partial charge in [-0.05, 0) is 56.4 Å². The monoisotopic (exact) mass is 326 g/mol. The van der Waals surface area contributed by atoms with Gasteiger partial charge in [-0.25, -0.2) is 0 Å². The fraction of sp³-hybridized carbons (Fsp3) is 0.474. The molecule has 2 N–H and O–H groups in total. The lowest BCUT2D eigenvalue weighted by Gasteiger charge is -2.18. The van der Waals surface area contributed by atoms with Gasteiger partial charge in [0.25, 0.3) is 0 Å². The van der Waals surface area contributed by atoms with Crippen LogP contribution in [0.4, 0.5) is 11.4 Å². The number of hydrogen-bond donors (Lipinski definition) is 2. The molecule has 0 fully saturated rings. The molecule has 1 amide bonds. The normalized spacial score (nSPS) is 14.6. The first-order valence-electron chi connectivity index (χ1n) is 8.68. The Hall–Kier alpha value is -2.30. The third kappa shape index (κ3) is 3.16. The molecule has 3 rings (SSSR count). The molecule has 2 heterocycles. The summed E-state index contributed by atoms with van der Waals surface area (Å²) in [6, 6.07) is 6.24. The van der Waals surface area contributed by atoms with Crippen molar-refractivity contribution in [3.8, 4) is 0 Å². The Bertz CT molecular complexity index is 730. The Balaban J connectivity index is 1.67. The molecule has 1 unspecified atom stereocenters. The summed E-state index contributed by atoms with van der Waals surface area (Å²) in [5, 5.41) is 10.3. The molecule has 128 valence electrons. The molecule has 1 aromatic heterocycles. The second kappa shape index (κ2) is 6.67. The molecule has 0 aliphatic carbocycles. The van der Waals surface area contributed by atoms with Gasteiger partial charge >= 0.3 is 0 Å². The molecule has 1 aromatic carbocycles. The van der Waals surface area contributed by atoms with Crippen molar-refractivity contribution in [1.82, 2.24) is 10.2 Å². The van der Waals surface area contributed by atoms with E-state index in [1.807, 2.05) is 19.9 Å². The van der Waals surface area contributed by atoms with Gasteiger partial charge in [-0.1, -0.05) is 13.0 Å². The average Bonchev–Trinajstić information content (AvgIpc) is 3.09. The highest BCUT2D eigenvalue weighted by atomic mass is 16.1. The van der Waals surface area contributed by atoms with E-state index < -0.39 is 0 Å². The van der Waals surface area contributed by atoms with E-state index in [1.165, 1.54) is 11.3 Å². The zero-order valence-corrected chi connectivity index (χ0v) is 14.9. The summed E-state index contributed by atoms with van der Waals surface area (Å²) < 4.78 is 0. The Morgan fingerprint density at radius 1 is 1.42 bits per heavy atom. The van der Waals surface area contributed by atoms with Gasteiger partial charge in [-0.2, -0.15) is 5.10 Å². The topological polar surface area (TPSA) is 61.0 Å². The minimum atomic E-state index is 0.0449. The van der Waals surface area contributed by atoms with Crippen molar-refractivity contribution in [2.75, 3.05) is 23.3 Å². The van der Waals surface area contributed by atoms with E-state index in [9.17, 15) is 4.79 Å². The van der Waals surface area contributed by atoms with Crippen LogP contribution in [0.5, 0.6) is 0 Å². The number of nitrogens with one attached hydrogen (secondary N) is 2. The molecule has 1 aliphatic rings. The lowest BCUT2D eigenvalue weighted by atomic mass is 9.95. The molecule has 24 heavy (non-hydrogen) atoms. The minimum Gasteiger partial charge on any atom is -0.371 e. The van der Waals surface area contributed by atoms with Crippen LogP contribution in [-0.2, 0) is 11.2 Å². The van der Waals surface area contributed by atoms with E-state index in [4.69, 9.17) is 0 Å². The number of carbonyl (C=O) groups is 1. The second-order valence-corrected chi connectivity index (χ2v) is 6.67. The highest BCUT2D eigenvalue weighted by molar-refractivity contribution is 5.92. The van der Waals surface area contributed by atoms with E-state index in [-0.39, 0.29) is 11.8 Å². The largest absolute Gasteiger partial charge is 0.371 e. The number of aryl methyl sites for hydroxylation is 2. The maximum Gasteiger partial charge on any atom is 0.224 e. The first-order chi connectivity index (χ1) is 11.5. The number of rotatable bonds is 5. The van der Waals surface area contributed by atoms with Crippen LogP contribution in [0, 0.1) is 13.8 Å². The summed E-state index contributed by atoms with van der Waals surface area (Å²) in [5.41, 5.74) is 6.67. The standard InChI is InChI=1S/C19H26N4O/c1-5-23-9-8-15-6-7-16(11-17(15)23)20-18(24)10-12(2)19-13(3)21-22-14(19)4/h6-7,11-12H,5,8-10H2,1-4H3,(H,20,24)(H,21,22). The van der Waals surface area contributed by atoms with Gasteiger partial charge in [0.2, 0.25) is 5.91 Å². The summed E-state index contributed by atoms with van der Waals surface area (Å²) in [4.78, 5) is 14.8. The summed E-state index contributed by atoms with van der Waals surface area (Å²) in [7, 11) is 0. The van der Waals surface area contributed by atoms with Crippen LogP contribution < -0.4 is 10.2 Å². The number of nitrogens with zero attached hydrogens (tertiary/aromatic N) is 2. The molecule has 1 aliphatic heterocycles. The molecular formula is C19H26N4O. The van der Waals surface area contributed by atoms with Crippen molar-refractivity contribution in [2.45, 2.75) is 46.5 Å². The van der Waals surface area contributed by atoms with Crippen molar-refractivity contribution in [3.05, 3.63) is 40.7 Å². The number of hydrogen-bond acceptors (Lipinski definition) is 3. The highest BCUT2D eigenvalue weighted by Crippen LogP contribution is 2.31. The van der Waals surface area contributed by atoms with Crippen LogP contribution in [0.25, 0.3) is 0 Å². The summed E-state index contributed by atoms with van der Waals surface area (Å²) >= 11 is 0. The maximum atomic E-state index is 12.4. The number of likely N-dealkylation sites (N-methyl/N-ethyl adjacent to an activating group) is 1. The number of carbonyl (C=O) groups excluding carboxylic acids is 1. The molecule has 5 heteroatoms. The fourth-order valence-corrected chi connectivity index (χ4v) is 3.73. The molecule has 0 bridgehead atoms. The van der Waals surface area contributed by atoms with Crippen molar-refractivity contribution in [1.29, 1.82) is 0 Å². The number of aromatic amines is 1. The van der Waals surface area contributed by atoms with Crippen LogP contribution >= 0.6 is 0 Å². The van der Waals surface area contributed by atoms with Crippen molar-refractivity contribution >= 4 is 17.3 Å². The number of anilines is 2. The van der Waals surface area contributed by atoms with Crippen molar-refractivity contribution < 1.29 is 4.79 Å². The van der Waals surface area contributed by atoms with Gasteiger partial charge in [0.15, 0.2) is 0 Å². The van der Waals surface area contributed by atoms with E-state index in [0.717, 1.165) is 42.1 Å². The fourth-order valence-electron chi connectivity index (χ4n) is 3.73. The number of H-pyrrole nitrogens is 1. The molecule has 0 radical (unpaired) electrons. The first kappa shape index (κ1) is 16.6. The summed E-state index contributed by atoms with van der Waals surface area (Å²) in [6.45, 7) is 10.3. The zero-order valence-electron chi connectivity index (χ0n) is 14.9. The van der Waals surface area contributed by atoms with Crippen molar-refractivity contribution in [2.24, 2.45) is 0 Å². The molecule has 0 saturated heterocycles. The van der Waals surface area contributed by atoms with Gasteiger partial charge in [-0.15, -0.1) is 0 Å².